The average Bonchev–Trinajstić information content (AvgIpc) is 2.76. The van der Waals surface area contributed by atoms with Crippen LogP contribution in [-0.2, 0) is 6.54 Å². The molecule has 2 aromatic heterocycles. The Morgan fingerprint density at radius 2 is 1.86 bits per heavy atom. The fraction of sp³-hybridized carbons (Fsp3) is 0.154. The zero-order chi connectivity index (χ0) is 15.0. The van der Waals surface area contributed by atoms with E-state index in [1.54, 1.807) is 7.11 Å². The summed E-state index contributed by atoms with van der Waals surface area (Å²) in [5, 5.41) is 0.353. The van der Waals surface area contributed by atoms with Crippen LogP contribution < -0.4 is 4.74 Å². The Balaban J connectivity index is 2.05. The maximum Gasteiger partial charge on any atom is 0.225 e. The predicted octanol–water partition coefficient (Wildman–Crippen LogP) is 3.95. The lowest BCUT2D eigenvalue weighted by Crippen LogP contribution is -2.01. The smallest absolute Gasteiger partial charge is 0.225 e. The van der Waals surface area contributed by atoms with Crippen LogP contribution in [-0.4, -0.2) is 26.6 Å². The first kappa shape index (κ1) is 14.6. The standard InChI is InChI=1S/C13H9BrCl2N4O/c1-21-8-4-2-7(3-5-8)6-20-9-10(15)17-13(16)19-11(9)18-12(20)14/h2-5H,6H2,1H3. The third-order valence-corrected chi connectivity index (χ3v) is 4.02. The number of rotatable bonds is 3. The van der Waals surface area contributed by atoms with E-state index in [0.717, 1.165) is 11.3 Å². The molecule has 0 aliphatic carbocycles. The molecule has 108 valence electrons. The summed E-state index contributed by atoms with van der Waals surface area (Å²) < 4.78 is 7.65. The van der Waals surface area contributed by atoms with Gasteiger partial charge in [0.15, 0.2) is 15.5 Å². The molecule has 0 radical (unpaired) electrons. The van der Waals surface area contributed by atoms with E-state index in [1.807, 2.05) is 28.8 Å². The fourth-order valence-corrected chi connectivity index (χ4v) is 2.94. The van der Waals surface area contributed by atoms with Crippen molar-refractivity contribution in [2.45, 2.75) is 6.54 Å². The van der Waals surface area contributed by atoms with Gasteiger partial charge in [0.05, 0.1) is 13.7 Å². The number of methoxy groups -OCH3 is 1. The van der Waals surface area contributed by atoms with Crippen molar-refractivity contribution >= 4 is 50.3 Å². The van der Waals surface area contributed by atoms with Crippen molar-refractivity contribution in [1.29, 1.82) is 0 Å². The van der Waals surface area contributed by atoms with Crippen molar-refractivity contribution in [2.75, 3.05) is 7.11 Å². The highest BCUT2D eigenvalue weighted by molar-refractivity contribution is 9.10. The molecule has 0 bridgehead atoms. The Morgan fingerprint density at radius 1 is 1.14 bits per heavy atom. The molecular weight excluding hydrogens is 379 g/mol. The summed E-state index contributed by atoms with van der Waals surface area (Å²) in [7, 11) is 1.63. The molecule has 3 rings (SSSR count). The topological polar surface area (TPSA) is 52.8 Å². The van der Waals surface area contributed by atoms with Gasteiger partial charge >= 0.3 is 0 Å². The zero-order valence-electron chi connectivity index (χ0n) is 10.8. The van der Waals surface area contributed by atoms with Crippen molar-refractivity contribution < 1.29 is 4.74 Å². The van der Waals surface area contributed by atoms with Crippen molar-refractivity contribution in [3.05, 3.63) is 45.0 Å². The zero-order valence-corrected chi connectivity index (χ0v) is 13.9. The minimum absolute atomic E-state index is 0.0779. The number of hydrogen-bond donors (Lipinski definition) is 0. The minimum atomic E-state index is 0.0779. The van der Waals surface area contributed by atoms with E-state index in [2.05, 4.69) is 30.9 Å². The quantitative estimate of drug-likeness (QED) is 0.388. The molecule has 0 fully saturated rings. The normalized spacial score (nSPS) is 11.0. The first-order valence-corrected chi connectivity index (χ1v) is 7.51. The van der Waals surface area contributed by atoms with Crippen LogP contribution in [0.15, 0.2) is 29.0 Å². The number of ether oxygens (including phenoxy) is 1. The van der Waals surface area contributed by atoms with Crippen molar-refractivity contribution in [2.24, 2.45) is 0 Å². The molecule has 3 aromatic rings. The largest absolute Gasteiger partial charge is 0.497 e. The van der Waals surface area contributed by atoms with Gasteiger partial charge in [-0.25, -0.2) is 9.97 Å². The number of benzene rings is 1. The highest BCUT2D eigenvalue weighted by Crippen LogP contribution is 2.27. The van der Waals surface area contributed by atoms with Gasteiger partial charge in [-0.05, 0) is 45.2 Å². The van der Waals surface area contributed by atoms with Gasteiger partial charge in [0, 0.05) is 0 Å². The van der Waals surface area contributed by atoms with E-state index in [9.17, 15) is 0 Å². The van der Waals surface area contributed by atoms with Crippen LogP contribution in [0, 0.1) is 0 Å². The van der Waals surface area contributed by atoms with Crippen LogP contribution in [0.4, 0.5) is 0 Å². The van der Waals surface area contributed by atoms with E-state index < -0.39 is 0 Å². The van der Waals surface area contributed by atoms with Gasteiger partial charge < -0.3 is 9.30 Å². The SMILES string of the molecule is COc1ccc(Cn2c(Br)nc3nc(Cl)nc(Cl)c32)cc1. The Morgan fingerprint density at radius 3 is 2.52 bits per heavy atom. The number of hydrogen-bond acceptors (Lipinski definition) is 4. The summed E-state index contributed by atoms with van der Waals surface area (Å²) in [6.07, 6.45) is 0. The van der Waals surface area contributed by atoms with Gasteiger partial charge in [0.25, 0.3) is 0 Å². The summed E-state index contributed by atoms with van der Waals surface area (Å²) in [5.74, 6) is 0.807. The van der Waals surface area contributed by atoms with Crippen LogP contribution in [0.5, 0.6) is 5.75 Å². The van der Waals surface area contributed by atoms with Gasteiger partial charge in [-0.15, -0.1) is 0 Å². The average molecular weight is 388 g/mol. The maximum absolute atomic E-state index is 6.16. The Labute approximate surface area is 139 Å². The number of nitrogens with zero attached hydrogens (tertiary/aromatic N) is 4. The molecule has 0 N–H and O–H groups in total. The maximum atomic E-state index is 6.16. The lowest BCUT2D eigenvalue weighted by Gasteiger charge is -2.07. The molecule has 0 amide bonds. The monoisotopic (exact) mass is 386 g/mol. The molecule has 0 saturated carbocycles. The summed E-state index contributed by atoms with van der Waals surface area (Å²) in [4.78, 5) is 12.3. The van der Waals surface area contributed by atoms with Crippen molar-refractivity contribution in [3.63, 3.8) is 0 Å². The fourth-order valence-electron chi connectivity index (χ4n) is 2.00. The van der Waals surface area contributed by atoms with E-state index in [1.165, 1.54) is 0 Å². The molecular formula is C13H9BrCl2N4O. The van der Waals surface area contributed by atoms with E-state index >= 15 is 0 Å². The van der Waals surface area contributed by atoms with Gasteiger partial charge in [-0.3, -0.25) is 0 Å². The second-order valence-electron chi connectivity index (χ2n) is 4.27. The Bertz CT molecular complexity index is 804. The number of imidazole rings is 1. The van der Waals surface area contributed by atoms with Crippen LogP contribution in [0.2, 0.25) is 10.4 Å². The van der Waals surface area contributed by atoms with Crippen molar-refractivity contribution in [1.82, 2.24) is 19.5 Å². The van der Waals surface area contributed by atoms with Crippen LogP contribution in [0.1, 0.15) is 5.56 Å². The van der Waals surface area contributed by atoms with Gasteiger partial charge in [0.1, 0.15) is 11.3 Å². The molecule has 0 atom stereocenters. The first-order chi connectivity index (χ1) is 10.1. The Kier molecular flexibility index (Phi) is 4.01. The van der Waals surface area contributed by atoms with Gasteiger partial charge in [-0.2, -0.15) is 4.98 Å². The first-order valence-electron chi connectivity index (χ1n) is 5.96. The summed E-state index contributed by atoms with van der Waals surface area (Å²) in [5.41, 5.74) is 2.17. The summed E-state index contributed by atoms with van der Waals surface area (Å²) >= 11 is 15.4. The Hall–Kier alpha value is -1.37. The second-order valence-corrected chi connectivity index (χ2v) is 5.68. The van der Waals surface area contributed by atoms with Gasteiger partial charge in [-0.1, -0.05) is 23.7 Å². The molecule has 0 aliphatic heterocycles. The molecule has 0 saturated heterocycles. The molecule has 0 unspecified atom stereocenters. The predicted molar refractivity (Wildman–Crippen MR) is 85.1 cm³/mol. The number of fused-ring (bicyclic) bond motifs is 1. The highest BCUT2D eigenvalue weighted by atomic mass is 79.9. The van der Waals surface area contributed by atoms with Crippen LogP contribution >= 0.6 is 39.1 Å². The second kappa shape index (κ2) is 5.79. The number of halogens is 3. The lowest BCUT2D eigenvalue weighted by atomic mass is 10.2. The highest BCUT2D eigenvalue weighted by Gasteiger charge is 2.15. The van der Waals surface area contributed by atoms with Crippen molar-refractivity contribution in [3.8, 4) is 5.75 Å². The van der Waals surface area contributed by atoms with Crippen LogP contribution in [0.25, 0.3) is 11.2 Å². The molecule has 1 aromatic carbocycles. The minimum Gasteiger partial charge on any atom is -0.497 e. The third-order valence-electron chi connectivity index (χ3n) is 2.99. The molecule has 0 spiro atoms. The molecule has 5 nitrogen and oxygen atoms in total. The van der Waals surface area contributed by atoms with E-state index in [4.69, 9.17) is 27.9 Å². The van der Waals surface area contributed by atoms with Gasteiger partial charge in [0.2, 0.25) is 5.28 Å². The molecule has 0 aliphatic rings. The third kappa shape index (κ3) is 2.84. The molecule has 8 heteroatoms. The summed E-state index contributed by atoms with van der Waals surface area (Å²) in [6, 6.07) is 7.75. The molecule has 21 heavy (non-hydrogen) atoms. The van der Waals surface area contributed by atoms with E-state index in [-0.39, 0.29) is 10.4 Å². The van der Waals surface area contributed by atoms with E-state index in [0.29, 0.717) is 22.4 Å². The summed E-state index contributed by atoms with van der Waals surface area (Å²) in [6.45, 7) is 0.575. The van der Waals surface area contributed by atoms with Crippen LogP contribution in [0.3, 0.4) is 0 Å². The lowest BCUT2D eigenvalue weighted by molar-refractivity contribution is 0.414. The number of aromatic nitrogens is 4. The molecule has 2 heterocycles.